The molecular formula is C14H7Cl2N3S. The summed E-state index contributed by atoms with van der Waals surface area (Å²) in [5.74, 6) is 0. The summed E-state index contributed by atoms with van der Waals surface area (Å²) in [5.41, 5.74) is 2.03. The Bertz CT molecular complexity index is 836. The van der Waals surface area contributed by atoms with E-state index < -0.39 is 0 Å². The minimum atomic E-state index is 0.520. The van der Waals surface area contributed by atoms with Gasteiger partial charge in [-0.1, -0.05) is 34.5 Å². The van der Waals surface area contributed by atoms with Gasteiger partial charge in [-0.05, 0) is 36.4 Å². The van der Waals surface area contributed by atoms with Crippen LogP contribution in [-0.4, -0.2) is 4.98 Å². The van der Waals surface area contributed by atoms with Crippen molar-refractivity contribution >= 4 is 55.6 Å². The Morgan fingerprint density at radius 3 is 2.65 bits per heavy atom. The number of hydrogen-bond acceptors (Lipinski definition) is 4. The molecule has 20 heavy (non-hydrogen) atoms. The molecule has 6 heteroatoms. The number of benzene rings is 2. The van der Waals surface area contributed by atoms with Gasteiger partial charge in [-0.25, -0.2) is 4.98 Å². The Kier molecular flexibility index (Phi) is 3.49. The van der Waals surface area contributed by atoms with E-state index in [-0.39, 0.29) is 0 Å². The zero-order valence-corrected chi connectivity index (χ0v) is 12.4. The Morgan fingerprint density at radius 1 is 1.10 bits per heavy atom. The van der Waals surface area contributed by atoms with Crippen molar-refractivity contribution in [2.75, 3.05) is 5.32 Å². The molecule has 0 aliphatic carbocycles. The number of hydrogen-bond donors (Lipinski definition) is 1. The molecule has 0 saturated heterocycles. The second-order valence-electron chi connectivity index (χ2n) is 4.06. The van der Waals surface area contributed by atoms with Crippen molar-refractivity contribution in [3.63, 3.8) is 0 Å². The third kappa shape index (κ3) is 2.56. The fraction of sp³-hybridized carbons (Fsp3) is 0. The molecule has 98 valence electrons. The molecule has 0 amide bonds. The van der Waals surface area contributed by atoms with E-state index in [0.29, 0.717) is 26.4 Å². The van der Waals surface area contributed by atoms with E-state index in [1.54, 1.807) is 24.3 Å². The van der Waals surface area contributed by atoms with Crippen molar-refractivity contribution in [3.8, 4) is 6.07 Å². The molecule has 1 N–H and O–H groups in total. The number of nitrogens with zero attached hydrogens (tertiary/aromatic N) is 2. The van der Waals surface area contributed by atoms with Gasteiger partial charge >= 0.3 is 0 Å². The Balaban J connectivity index is 2.01. The molecular weight excluding hydrogens is 313 g/mol. The summed E-state index contributed by atoms with van der Waals surface area (Å²) < 4.78 is 0.987. The highest BCUT2D eigenvalue weighted by Gasteiger charge is 2.08. The molecule has 3 nitrogen and oxygen atoms in total. The summed E-state index contributed by atoms with van der Waals surface area (Å²) in [7, 11) is 0. The van der Waals surface area contributed by atoms with Gasteiger partial charge in [-0.3, -0.25) is 0 Å². The first kappa shape index (κ1) is 13.2. The smallest absolute Gasteiger partial charge is 0.188 e. The zero-order valence-electron chi connectivity index (χ0n) is 10.0. The van der Waals surface area contributed by atoms with Gasteiger partial charge in [0.25, 0.3) is 0 Å². The highest BCUT2D eigenvalue weighted by molar-refractivity contribution is 7.22. The minimum Gasteiger partial charge on any atom is -0.330 e. The molecule has 0 saturated carbocycles. The molecule has 3 rings (SSSR count). The lowest BCUT2D eigenvalue weighted by Crippen LogP contribution is -1.92. The van der Waals surface area contributed by atoms with Crippen LogP contribution < -0.4 is 5.32 Å². The minimum absolute atomic E-state index is 0.520. The average Bonchev–Trinajstić information content (AvgIpc) is 2.80. The molecule has 0 radical (unpaired) electrons. The van der Waals surface area contributed by atoms with Crippen molar-refractivity contribution < 1.29 is 0 Å². The van der Waals surface area contributed by atoms with Crippen LogP contribution in [-0.2, 0) is 0 Å². The van der Waals surface area contributed by atoms with Crippen LogP contribution in [0.1, 0.15) is 5.56 Å². The van der Waals surface area contributed by atoms with Gasteiger partial charge in [0, 0.05) is 10.0 Å². The molecule has 0 unspecified atom stereocenters. The largest absolute Gasteiger partial charge is 0.330 e. The zero-order chi connectivity index (χ0) is 14.1. The monoisotopic (exact) mass is 319 g/mol. The van der Waals surface area contributed by atoms with Gasteiger partial charge < -0.3 is 5.32 Å². The fourth-order valence-corrected chi connectivity index (χ4v) is 3.11. The van der Waals surface area contributed by atoms with E-state index in [4.69, 9.17) is 28.5 Å². The maximum absolute atomic E-state index is 9.10. The van der Waals surface area contributed by atoms with Gasteiger partial charge in [0.2, 0.25) is 0 Å². The van der Waals surface area contributed by atoms with Crippen molar-refractivity contribution in [2.45, 2.75) is 0 Å². The summed E-state index contributed by atoms with van der Waals surface area (Å²) in [6.07, 6.45) is 0. The summed E-state index contributed by atoms with van der Waals surface area (Å²) in [6.45, 7) is 0. The number of fused-ring (bicyclic) bond motifs is 1. The van der Waals surface area contributed by atoms with Crippen molar-refractivity contribution in [1.29, 1.82) is 5.26 Å². The lowest BCUT2D eigenvalue weighted by molar-refractivity contribution is 1.42. The third-order valence-electron chi connectivity index (χ3n) is 2.69. The van der Waals surface area contributed by atoms with Gasteiger partial charge in [0.1, 0.15) is 6.07 Å². The second kappa shape index (κ2) is 5.29. The molecule has 2 aromatic carbocycles. The topological polar surface area (TPSA) is 48.7 Å². The predicted molar refractivity (Wildman–Crippen MR) is 84.1 cm³/mol. The Labute approximate surface area is 129 Å². The van der Waals surface area contributed by atoms with Crippen LogP contribution in [0.5, 0.6) is 0 Å². The number of thiazole rings is 1. The van der Waals surface area contributed by atoms with Crippen molar-refractivity contribution in [3.05, 3.63) is 52.0 Å². The predicted octanol–water partition coefficient (Wildman–Crippen LogP) is 5.22. The molecule has 3 aromatic rings. The van der Waals surface area contributed by atoms with Crippen LogP contribution in [0, 0.1) is 11.3 Å². The SMILES string of the molecule is N#Cc1ccc(Cl)cc1Nc1nc2ccc(Cl)cc2s1. The van der Waals surface area contributed by atoms with Gasteiger partial charge in [0.15, 0.2) is 5.13 Å². The first-order valence-electron chi connectivity index (χ1n) is 5.68. The number of nitriles is 1. The average molecular weight is 320 g/mol. The van der Waals surface area contributed by atoms with Crippen LogP contribution in [0.2, 0.25) is 10.0 Å². The first-order valence-corrected chi connectivity index (χ1v) is 7.26. The lowest BCUT2D eigenvalue weighted by atomic mass is 10.2. The summed E-state index contributed by atoms with van der Waals surface area (Å²) in [6, 6.07) is 12.7. The number of halogens is 2. The van der Waals surface area contributed by atoms with Crippen molar-refractivity contribution in [1.82, 2.24) is 4.98 Å². The molecule has 0 aliphatic heterocycles. The molecule has 0 aliphatic rings. The van der Waals surface area contributed by atoms with Crippen LogP contribution in [0.15, 0.2) is 36.4 Å². The molecule has 0 bridgehead atoms. The van der Waals surface area contributed by atoms with Crippen molar-refractivity contribution in [2.24, 2.45) is 0 Å². The fourth-order valence-electron chi connectivity index (χ4n) is 1.78. The number of anilines is 2. The number of nitrogens with one attached hydrogen (secondary N) is 1. The summed E-state index contributed by atoms with van der Waals surface area (Å²) >= 11 is 13.4. The normalized spacial score (nSPS) is 10.4. The van der Waals surface area contributed by atoms with E-state index in [0.717, 1.165) is 10.2 Å². The number of aromatic nitrogens is 1. The third-order valence-corrected chi connectivity index (χ3v) is 4.10. The number of rotatable bonds is 2. The molecule has 1 aromatic heterocycles. The highest BCUT2D eigenvalue weighted by Crippen LogP contribution is 2.31. The summed E-state index contributed by atoms with van der Waals surface area (Å²) in [4.78, 5) is 4.45. The van der Waals surface area contributed by atoms with E-state index >= 15 is 0 Å². The van der Waals surface area contributed by atoms with Gasteiger partial charge in [-0.2, -0.15) is 5.26 Å². The Hall–Kier alpha value is -1.80. The van der Waals surface area contributed by atoms with E-state index in [9.17, 15) is 0 Å². The maximum atomic E-state index is 9.10. The molecule has 0 atom stereocenters. The quantitative estimate of drug-likeness (QED) is 0.704. The second-order valence-corrected chi connectivity index (χ2v) is 5.96. The Morgan fingerprint density at radius 2 is 1.85 bits per heavy atom. The summed E-state index contributed by atoms with van der Waals surface area (Å²) in [5, 5.41) is 14.2. The standard InChI is InChI=1S/C14H7Cl2N3S/c15-9-2-1-8(7-17)12(5-9)19-14-18-11-4-3-10(16)6-13(11)20-14/h1-6H,(H,18,19). The lowest BCUT2D eigenvalue weighted by Gasteiger charge is -2.04. The van der Waals surface area contributed by atoms with E-state index in [1.165, 1.54) is 11.3 Å². The molecule has 0 fully saturated rings. The molecule has 1 heterocycles. The van der Waals surface area contributed by atoms with Crippen LogP contribution in [0.4, 0.5) is 10.8 Å². The molecule has 0 spiro atoms. The highest BCUT2D eigenvalue weighted by atomic mass is 35.5. The van der Waals surface area contributed by atoms with Gasteiger partial charge in [0.05, 0.1) is 21.5 Å². The van der Waals surface area contributed by atoms with E-state index in [2.05, 4.69) is 16.4 Å². The van der Waals surface area contributed by atoms with Crippen LogP contribution in [0.25, 0.3) is 10.2 Å². The van der Waals surface area contributed by atoms with Crippen LogP contribution >= 0.6 is 34.5 Å². The van der Waals surface area contributed by atoms with Gasteiger partial charge in [-0.15, -0.1) is 0 Å². The van der Waals surface area contributed by atoms with Crippen LogP contribution in [0.3, 0.4) is 0 Å². The first-order chi connectivity index (χ1) is 9.65. The maximum Gasteiger partial charge on any atom is 0.188 e. The van der Waals surface area contributed by atoms with E-state index in [1.807, 2.05) is 12.1 Å².